The Balaban J connectivity index is 0.00000141. The van der Waals surface area contributed by atoms with E-state index in [1.807, 2.05) is 64.2 Å². The molecule has 0 amide bonds. The van der Waals surface area contributed by atoms with Crippen LogP contribution >= 0.6 is 0 Å². The minimum atomic E-state index is -0.234. The number of benzene rings is 2. The molecule has 1 N–H and O–H groups in total. The third-order valence-corrected chi connectivity index (χ3v) is 5.79. The van der Waals surface area contributed by atoms with Gasteiger partial charge < -0.3 is 14.5 Å². The highest BCUT2D eigenvalue weighted by atomic mass is 16.5. The Hall–Kier alpha value is -3.30. The zero-order valence-electron chi connectivity index (χ0n) is 19.5. The van der Waals surface area contributed by atoms with E-state index in [2.05, 4.69) is 16.0 Å². The van der Waals surface area contributed by atoms with Crippen molar-refractivity contribution in [1.82, 2.24) is 9.88 Å². The van der Waals surface area contributed by atoms with Crippen LogP contribution in [0.3, 0.4) is 0 Å². The van der Waals surface area contributed by atoms with Gasteiger partial charge in [-0.05, 0) is 54.8 Å². The Morgan fingerprint density at radius 1 is 1.22 bits per heavy atom. The molecule has 1 unspecified atom stereocenters. The highest BCUT2D eigenvalue weighted by Crippen LogP contribution is 2.42. The molecule has 0 bridgehead atoms. The van der Waals surface area contributed by atoms with Crippen LogP contribution in [0.5, 0.6) is 5.75 Å². The van der Waals surface area contributed by atoms with E-state index in [9.17, 15) is 10.1 Å². The Morgan fingerprint density at radius 3 is 2.66 bits per heavy atom. The molecular weight excluding hydrogens is 402 g/mol. The Kier molecular flexibility index (Phi) is 7.55. The molecule has 1 atom stereocenters. The lowest BCUT2D eigenvalue weighted by Gasteiger charge is -2.29. The van der Waals surface area contributed by atoms with Gasteiger partial charge >= 0.3 is 5.97 Å². The van der Waals surface area contributed by atoms with Crippen molar-refractivity contribution in [2.24, 2.45) is 0 Å². The van der Waals surface area contributed by atoms with Gasteiger partial charge in [-0.25, -0.2) is 0 Å². The lowest BCUT2D eigenvalue weighted by atomic mass is 9.95. The summed E-state index contributed by atoms with van der Waals surface area (Å²) in [5, 5.41) is 10.3. The summed E-state index contributed by atoms with van der Waals surface area (Å²) < 4.78 is 11.1. The summed E-state index contributed by atoms with van der Waals surface area (Å²) in [4.78, 5) is 18.1. The number of rotatable bonds is 6. The van der Waals surface area contributed by atoms with Crippen molar-refractivity contribution in [3.05, 3.63) is 64.3 Å². The smallest absolute Gasteiger partial charge is 0.307 e. The number of H-pyrrole nitrogens is 1. The number of aryl methyl sites for hydroxylation is 1. The second-order valence-electron chi connectivity index (χ2n) is 7.60. The first kappa shape index (κ1) is 23.4. The molecule has 0 saturated heterocycles. The van der Waals surface area contributed by atoms with Crippen LogP contribution in [0, 0.1) is 18.3 Å². The molecule has 6 heteroatoms. The maximum Gasteiger partial charge on any atom is 0.307 e. The molecule has 6 nitrogen and oxygen atoms in total. The van der Waals surface area contributed by atoms with Gasteiger partial charge in [0.15, 0.2) is 0 Å². The zero-order chi connectivity index (χ0) is 23.3. The highest BCUT2D eigenvalue weighted by molar-refractivity contribution is 5.89. The SMILES string of the molecule is CC.CCOC(=O)CC(c1c(OC)cc(C)c2[nH]ccc12)N1Cc2ccc(C#N)cc2C1. The molecule has 0 saturated carbocycles. The van der Waals surface area contributed by atoms with Crippen LogP contribution in [0.2, 0.25) is 0 Å². The number of ether oxygens (including phenoxy) is 2. The molecule has 1 aromatic heterocycles. The Morgan fingerprint density at radius 2 is 1.97 bits per heavy atom. The van der Waals surface area contributed by atoms with Crippen molar-refractivity contribution in [3.63, 3.8) is 0 Å². The van der Waals surface area contributed by atoms with E-state index in [0.29, 0.717) is 25.3 Å². The summed E-state index contributed by atoms with van der Waals surface area (Å²) in [5.41, 5.74) is 6.08. The van der Waals surface area contributed by atoms with Gasteiger partial charge in [0, 0.05) is 35.8 Å². The van der Waals surface area contributed by atoms with E-state index in [-0.39, 0.29) is 18.4 Å². The summed E-state index contributed by atoms with van der Waals surface area (Å²) >= 11 is 0. The van der Waals surface area contributed by atoms with Crippen LogP contribution in [0.4, 0.5) is 0 Å². The monoisotopic (exact) mass is 433 g/mol. The lowest BCUT2D eigenvalue weighted by molar-refractivity contribution is -0.144. The maximum absolute atomic E-state index is 12.6. The van der Waals surface area contributed by atoms with Gasteiger partial charge in [0.05, 0.1) is 37.8 Å². The number of methoxy groups -OCH3 is 1. The van der Waals surface area contributed by atoms with E-state index in [4.69, 9.17) is 9.47 Å². The van der Waals surface area contributed by atoms with Crippen molar-refractivity contribution in [1.29, 1.82) is 5.26 Å². The molecule has 0 radical (unpaired) electrons. The van der Waals surface area contributed by atoms with Crippen LogP contribution in [0.1, 0.15) is 61.1 Å². The number of hydrogen-bond acceptors (Lipinski definition) is 5. The number of nitrogens with zero attached hydrogens (tertiary/aromatic N) is 2. The van der Waals surface area contributed by atoms with Crippen LogP contribution in [0.15, 0.2) is 36.5 Å². The fourth-order valence-corrected chi connectivity index (χ4v) is 4.41. The molecule has 32 heavy (non-hydrogen) atoms. The topological polar surface area (TPSA) is 78.3 Å². The number of carbonyl (C=O) groups is 1. The standard InChI is InChI=1S/C24H25N3O3.C2H6/c1-4-30-22(28)11-20(27-13-17-6-5-16(12-25)10-18(17)14-27)23-19-7-8-26-24(19)15(2)9-21(23)29-3;1-2/h5-10,20,26H,4,11,13-14H2,1-3H3;1-2H3. The molecular formula is C26H31N3O3. The molecule has 168 valence electrons. The zero-order valence-corrected chi connectivity index (χ0v) is 19.5. The van der Waals surface area contributed by atoms with Crippen LogP contribution in [0.25, 0.3) is 10.9 Å². The third-order valence-electron chi connectivity index (χ3n) is 5.79. The van der Waals surface area contributed by atoms with Crippen LogP contribution in [-0.4, -0.2) is 29.6 Å². The fourth-order valence-electron chi connectivity index (χ4n) is 4.41. The van der Waals surface area contributed by atoms with Gasteiger partial charge in [-0.15, -0.1) is 0 Å². The number of nitriles is 1. The number of aromatic amines is 1. The second-order valence-corrected chi connectivity index (χ2v) is 7.60. The van der Waals surface area contributed by atoms with Crippen LogP contribution in [-0.2, 0) is 22.6 Å². The second kappa shape index (κ2) is 10.3. The molecule has 2 aromatic carbocycles. The van der Waals surface area contributed by atoms with Gasteiger partial charge in [0.2, 0.25) is 0 Å². The first-order valence-electron chi connectivity index (χ1n) is 11.1. The van der Waals surface area contributed by atoms with Crippen molar-refractivity contribution >= 4 is 16.9 Å². The van der Waals surface area contributed by atoms with Gasteiger partial charge in [0.25, 0.3) is 0 Å². The van der Waals surface area contributed by atoms with Crippen molar-refractivity contribution in [2.75, 3.05) is 13.7 Å². The molecule has 1 aliphatic rings. The minimum Gasteiger partial charge on any atom is -0.496 e. The van der Waals surface area contributed by atoms with Crippen molar-refractivity contribution < 1.29 is 14.3 Å². The summed E-state index contributed by atoms with van der Waals surface area (Å²) in [6.07, 6.45) is 2.15. The maximum atomic E-state index is 12.6. The molecule has 3 aromatic rings. The van der Waals surface area contributed by atoms with E-state index in [1.54, 1.807) is 7.11 Å². The fraction of sp³-hybridized carbons (Fsp3) is 0.385. The van der Waals surface area contributed by atoms with E-state index < -0.39 is 0 Å². The number of fused-ring (bicyclic) bond motifs is 2. The summed E-state index contributed by atoms with van der Waals surface area (Å²) in [6.45, 7) is 9.58. The predicted octanol–water partition coefficient (Wildman–Crippen LogP) is 5.39. The number of carbonyl (C=O) groups excluding carboxylic acids is 1. The van der Waals surface area contributed by atoms with E-state index in [1.165, 1.54) is 5.56 Å². The summed E-state index contributed by atoms with van der Waals surface area (Å²) in [5.74, 6) is 0.532. The van der Waals surface area contributed by atoms with Gasteiger partial charge in [0.1, 0.15) is 5.75 Å². The van der Waals surface area contributed by atoms with Crippen LogP contribution < -0.4 is 4.74 Å². The lowest BCUT2D eigenvalue weighted by Crippen LogP contribution is -2.27. The van der Waals surface area contributed by atoms with Crippen molar-refractivity contribution in [3.8, 4) is 11.8 Å². The average Bonchev–Trinajstić information content (AvgIpc) is 3.46. The van der Waals surface area contributed by atoms with Gasteiger partial charge in [-0.1, -0.05) is 19.9 Å². The molecule has 0 fully saturated rings. The van der Waals surface area contributed by atoms with Gasteiger partial charge in [-0.2, -0.15) is 5.26 Å². The molecule has 4 rings (SSSR count). The van der Waals surface area contributed by atoms with Crippen molar-refractivity contribution in [2.45, 2.75) is 53.2 Å². The average molecular weight is 434 g/mol. The normalized spacial score (nSPS) is 13.6. The Bertz CT molecular complexity index is 1140. The minimum absolute atomic E-state index is 0.212. The van der Waals surface area contributed by atoms with E-state index in [0.717, 1.165) is 33.3 Å². The first-order chi connectivity index (χ1) is 15.5. The third kappa shape index (κ3) is 4.49. The molecule has 1 aliphatic heterocycles. The predicted molar refractivity (Wildman–Crippen MR) is 125 cm³/mol. The Labute approximate surface area is 189 Å². The summed E-state index contributed by atoms with van der Waals surface area (Å²) in [7, 11) is 1.66. The quantitative estimate of drug-likeness (QED) is 0.527. The largest absolute Gasteiger partial charge is 0.496 e. The van der Waals surface area contributed by atoms with E-state index >= 15 is 0 Å². The number of aromatic nitrogens is 1. The van der Waals surface area contributed by atoms with Gasteiger partial charge in [-0.3, -0.25) is 9.69 Å². The summed E-state index contributed by atoms with van der Waals surface area (Å²) in [6, 6.07) is 11.8. The number of hydrogen-bond donors (Lipinski definition) is 1. The molecule has 2 heterocycles. The molecule has 0 aliphatic carbocycles. The number of esters is 1. The highest BCUT2D eigenvalue weighted by Gasteiger charge is 2.33. The molecule has 0 spiro atoms. The number of nitrogens with one attached hydrogen (secondary N) is 1. The first-order valence-corrected chi connectivity index (χ1v) is 11.1.